The summed E-state index contributed by atoms with van der Waals surface area (Å²) in [6.45, 7) is 2.64. The van der Waals surface area contributed by atoms with E-state index in [0.29, 0.717) is 42.0 Å². The third-order valence-electron chi connectivity index (χ3n) is 5.10. The van der Waals surface area contributed by atoms with Crippen LogP contribution in [0, 0.1) is 21.4 Å². The first kappa shape index (κ1) is 24.2. The monoisotopic (exact) mass is 463 g/mol. The van der Waals surface area contributed by atoms with Crippen LogP contribution < -0.4 is 16.4 Å². The average molecular weight is 463 g/mol. The van der Waals surface area contributed by atoms with Gasteiger partial charge in [-0.15, -0.1) is 0 Å². The Balaban J connectivity index is 1.71. The molecule has 3 rings (SSSR count). The maximum Gasteiger partial charge on any atom is 0.311 e. The van der Waals surface area contributed by atoms with Gasteiger partial charge in [0.05, 0.1) is 28.7 Å². The minimum atomic E-state index is -0.585. The third-order valence-corrected chi connectivity index (χ3v) is 5.10. The Morgan fingerprint density at radius 2 is 2.03 bits per heavy atom. The Hall–Kier alpha value is -4.43. The minimum Gasteiger partial charge on any atom is -0.394 e. The molecule has 0 aliphatic rings. The van der Waals surface area contributed by atoms with Crippen LogP contribution in [0.25, 0.3) is 11.1 Å². The van der Waals surface area contributed by atoms with Gasteiger partial charge in [0.15, 0.2) is 0 Å². The van der Waals surface area contributed by atoms with Crippen LogP contribution in [-0.4, -0.2) is 44.7 Å². The number of nitro groups is 1. The molecule has 176 valence electrons. The normalized spacial score (nSPS) is 11.4. The number of benzene rings is 1. The number of rotatable bonds is 10. The Morgan fingerprint density at radius 1 is 1.29 bits per heavy atom. The fourth-order valence-electron chi connectivity index (χ4n) is 3.32. The van der Waals surface area contributed by atoms with Crippen molar-refractivity contribution in [1.82, 2.24) is 14.9 Å². The zero-order valence-corrected chi connectivity index (χ0v) is 18.6. The van der Waals surface area contributed by atoms with Crippen molar-refractivity contribution < 1.29 is 14.8 Å². The van der Waals surface area contributed by atoms with E-state index in [1.165, 1.54) is 12.1 Å². The van der Waals surface area contributed by atoms with Crippen molar-refractivity contribution in [1.29, 1.82) is 5.26 Å². The predicted molar refractivity (Wildman–Crippen MR) is 127 cm³/mol. The highest BCUT2D eigenvalue weighted by molar-refractivity contribution is 6.01. The topological polar surface area (TPSA) is 172 Å². The van der Waals surface area contributed by atoms with Crippen molar-refractivity contribution in [3.05, 3.63) is 70.0 Å². The van der Waals surface area contributed by atoms with Gasteiger partial charge in [-0.25, -0.2) is 4.98 Å². The lowest BCUT2D eigenvalue weighted by Crippen LogP contribution is -2.35. The molecule has 1 amide bonds. The number of aliphatic hydroxyl groups is 1. The summed E-state index contributed by atoms with van der Waals surface area (Å²) in [6, 6.07) is 11.4. The Bertz CT molecular complexity index is 1220. The number of aromatic nitrogens is 2. The zero-order valence-electron chi connectivity index (χ0n) is 18.6. The summed E-state index contributed by atoms with van der Waals surface area (Å²) in [5.41, 5.74) is 7.87. The average Bonchev–Trinajstić information content (AvgIpc) is 3.26. The number of nitrogens with zero attached hydrogens (tertiary/aromatic N) is 4. The second-order valence-corrected chi connectivity index (χ2v) is 7.71. The fraction of sp³-hybridized carbons (Fsp3) is 0.261. The second-order valence-electron chi connectivity index (χ2n) is 7.71. The van der Waals surface area contributed by atoms with Gasteiger partial charge >= 0.3 is 5.69 Å². The predicted octanol–water partition coefficient (Wildman–Crippen LogP) is 2.52. The van der Waals surface area contributed by atoms with Gasteiger partial charge in [-0.3, -0.25) is 14.9 Å². The van der Waals surface area contributed by atoms with E-state index in [9.17, 15) is 20.0 Å². The molecule has 3 aromatic rings. The molecule has 34 heavy (non-hydrogen) atoms. The molecular weight excluding hydrogens is 438 g/mol. The molecule has 0 unspecified atom stereocenters. The van der Waals surface area contributed by atoms with E-state index < -0.39 is 11.0 Å². The number of nitriles is 1. The standard InChI is InChI=1S/C23H25N7O4/c1-15(14-31)27-23(32)19-13-29(12-18(19)17-5-3-16(11-24)4-6-17)10-2-9-26-21-8-7-20(30(33)34)22(25)28-21/h3-8,12-13,15,31H,2,9-10,14H2,1H3,(H,27,32)(H3,25,26,28)/t15-/m0/s1. The number of hydrogen-bond acceptors (Lipinski definition) is 8. The van der Waals surface area contributed by atoms with Gasteiger partial charge in [-0.1, -0.05) is 12.1 Å². The highest BCUT2D eigenvalue weighted by Gasteiger charge is 2.18. The van der Waals surface area contributed by atoms with Crippen molar-refractivity contribution in [2.24, 2.45) is 0 Å². The molecule has 0 aliphatic heterocycles. The van der Waals surface area contributed by atoms with Crippen LogP contribution in [0.5, 0.6) is 0 Å². The Kier molecular flexibility index (Phi) is 7.79. The molecule has 1 aromatic carbocycles. The Morgan fingerprint density at radius 3 is 2.65 bits per heavy atom. The summed E-state index contributed by atoms with van der Waals surface area (Å²) < 4.78 is 1.89. The van der Waals surface area contributed by atoms with Gasteiger partial charge in [0.25, 0.3) is 5.91 Å². The number of nitrogen functional groups attached to an aromatic ring is 1. The van der Waals surface area contributed by atoms with Crippen LogP contribution in [0.2, 0.25) is 0 Å². The maximum absolute atomic E-state index is 12.8. The molecule has 11 heteroatoms. The first-order chi connectivity index (χ1) is 16.3. The smallest absolute Gasteiger partial charge is 0.311 e. The molecule has 0 saturated carbocycles. The van der Waals surface area contributed by atoms with Gasteiger partial charge in [-0.2, -0.15) is 5.26 Å². The highest BCUT2D eigenvalue weighted by Crippen LogP contribution is 2.26. The first-order valence-electron chi connectivity index (χ1n) is 10.6. The number of anilines is 2. The molecule has 2 heterocycles. The van der Waals surface area contributed by atoms with E-state index >= 15 is 0 Å². The lowest BCUT2D eigenvalue weighted by molar-refractivity contribution is -0.384. The van der Waals surface area contributed by atoms with E-state index in [-0.39, 0.29) is 24.0 Å². The molecule has 0 spiro atoms. The van der Waals surface area contributed by atoms with E-state index in [0.717, 1.165) is 5.56 Å². The van der Waals surface area contributed by atoms with Gasteiger partial charge in [0.2, 0.25) is 5.82 Å². The number of pyridine rings is 1. The zero-order chi connectivity index (χ0) is 24.7. The van der Waals surface area contributed by atoms with Crippen molar-refractivity contribution in [2.45, 2.75) is 25.9 Å². The molecule has 0 fully saturated rings. The molecule has 0 saturated heterocycles. The molecule has 11 nitrogen and oxygen atoms in total. The number of carbonyl (C=O) groups is 1. The molecular formula is C23H25N7O4. The van der Waals surface area contributed by atoms with Crippen molar-refractivity contribution in [3.63, 3.8) is 0 Å². The van der Waals surface area contributed by atoms with Crippen LogP contribution >= 0.6 is 0 Å². The maximum atomic E-state index is 12.8. The van der Waals surface area contributed by atoms with Crippen molar-refractivity contribution in [3.8, 4) is 17.2 Å². The van der Waals surface area contributed by atoms with E-state index in [2.05, 4.69) is 21.7 Å². The first-order valence-corrected chi connectivity index (χ1v) is 10.6. The minimum absolute atomic E-state index is 0.153. The number of aliphatic hydroxyl groups excluding tert-OH is 1. The van der Waals surface area contributed by atoms with Crippen LogP contribution in [0.15, 0.2) is 48.8 Å². The van der Waals surface area contributed by atoms with Crippen LogP contribution in [-0.2, 0) is 6.54 Å². The van der Waals surface area contributed by atoms with E-state index in [1.54, 1.807) is 37.4 Å². The van der Waals surface area contributed by atoms with E-state index in [1.807, 2.05) is 10.8 Å². The molecule has 1 atom stereocenters. The third kappa shape index (κ3) is 5.87. The largest absolute Gasteiger partial charge is 0.394 e. The quantitative estimate of drug-likeness (QED) is 0.202. The number of carbonyl (C=O) groups excluding carboxylic acids is 1. The van der Waals surface area contributed by atoms with Crippen LogP contribution in [0.3, 0.4) is 0 Å². The fourth-order valence-corrected chi connectivity index (χ4v) is 3.32. The van der Waals surface area contributed by atoms with Crippen molar-refractivity contribution >= 4 is 23.2 Å². The molecule has 2 aromatic heterocycles. The molecule has 0 radical (unpaired) electrons. The van der Waals surface area contributed by atoms with E-state index in [4.69, 9.17) is 11.0 Å². The summed E-state index contributed by atoms with van der Waals surface area (Å²) in [7, 11) is 0. The van der Waals surface area contributed by atoms with Crippen molar-refractivity contribution in [2.75, 3.05) is 24.2 Å². The van der Waals surface area contributed by atoms with Gasteiger partial charge < -0.3 is 26.0 Å². The SMILES string of the molecule is C[C@@H](CO)NC(=O)c1cn(CCCNc2ccc([N+](=O)[O-])c(N)n2)cc1-c1ccc(C#N)cc1. The van der Waals surface area contributed by atoms with Gasteiger partial charge in [-0.05, 0) is 37.1 Å². The summed E-state index contributed by atoms with van der Waals surface area (Å²) >= 11 is 0. The summed E-state index contributed by atoms with van der Waals surface area (Å²) in [5.74, 6) is -0.0181. The lowest BCUT2D eigenvalue weighted by Gasteiger charge is -2.11. The van der Waals surface area contributed by atoms with Gasteiger partial charge in [0, 0.05) is 43.2 Å². The van der Waals surface area contributed by atoms with Crippen LogP contribution in [0.4, 0.5) is 17.3 Å². The second kappa shape index (κ2) is 10.9. The lowest BCUT2D eigenvalue weighted by atomic mass is 10.0. The van der Waals surface area contributed by atoms with Crippen LogP contribution in [0.1, 0.15) is 29.3 Å². The number of amides is 1. The van der Waals surface area contributed by atoms with Gasteiger partial charge in [0.1, 0.15) is 5.82 Å². The summed E-state index contributed by atoms with van der Waals surface area (Å²) in [6.07, 6.45) is 4.28. The summed E-state index contributed by atoms with van der Waals surface area (Å²) in [5, 5.41) is 35.0. The Labute approximate surface area is 196 Å². The molecule has 0 aliphatic carbocycles. The number of nitrogens with two attached hydrogens (primary N) is 1. The highest BCUT2D eigenvalue weighted by atomic mass is 16.6. The molecule has 5 N–H and O–H groups in total. The number of aryl methyl sites for hydroxylation is 1. The summed E-state index contributed by atoms with van der Waals surface area (Å²) in [4.78, 5) is 27.1. The molecule has 0 bridgehead atoms. The number of hydrogen-bond donors (Lipinski definition) is 4. The number of nitrogens with one attached hydrogen (secondary N) is 2.